The summed E-state index contributed by atoms with van der Waals surface area (Å²) >= 11 is 0. The SMILES string of the molecule is CC(=O)N(CCNC(=O)C1CCCO1)c1ccc2c(c1)OCCO2. The van der Waals surface area contributed by atoms with Crippen molar-refractivity contribution < 1.29 is 23.8 Å². The zero-order chi connectivity index (χ0) is 16.9. The molecule has 7 nitrogen and oxygen atoms in total. The number of rotatable bonds is 5. The lowest BCUT2D eigenvalue weighted by atomic mass is 10.2. The Hall–Kier alpha value is -2.28. The number of anilines is 1. The van der Waals surface area contributed by atoms with Gasteiger partial charge < -0.3 is 24.4 Å². The van der Waals surface area contributed by atoms with Crippen LogP contribution in [-0.4, -0.2) is 50.8 Å². The van der Waals surface area contributed by atoms with E-state index in [4.69, 9.17) is 14.2 Å². The standard InChI is InChI=1S/C17H22N2O5/c1-12(20)19(7-6-18-17(21)15-3-2-8-22-15)13-4-5-14-16(11-13)24-10-9-23-14/h4-5,11,15H,2-3,6-10H2,1H3,(H,18,21). The molecule has 0 bridgehead atoms. The highest BCUT2D eigenvalue weighted by Crippen LogP contribution is 2.33. The van der Waals surface area contributed by atoms with Crippen molar-refractivity contribution >= 4 is 17.5 Å². The van der Waals surface area contributed by atoms with Gasteiger partial charge in [0.15, 0.2) is 11.5 Å². The molecule has 3 rings (SSSR count). The number of carbonyl (C=O) groups excluding carboxylic acids is 2. The van der Waals surface area contributed by atoms with Gasteiger partial charge in [0.2, 0.25) is 11.8 Å². The number of hydrogen-bond acceptors (Lipinski definition) is 5. The van der Waals surface area contributed by atoms with Gasteiger partial charge in [-0.05, 0) is 25.0 Å². The van der Waals surface area contributed by atoms with Crippen molar-refractivity contribution in [1.82, 2.24) is 5.32 Å². The van der Waals surface area contributed by atoms with Gasteiger partial charge in [0.1, 0.15) is 19.3 Å². The predicted octanol–water partition coefficient (Wildman–Crippen LogP) is 1.11. The predicted molar refractivity (Wildman–Crippen MR) is 87.4 cm³/mol. The summed E-state index contributed by atoms with van der Waals surface area (Å²) in [6.07, 6.45) is 1.31. The Bertz CT molecular complexity index is 613. The third kappa shape index (κ3) is 3.79. The zero-order valence-electron chi connectivity index (χ0n) is 13.7. The fraction of sp³-hybridized carbons (Fsp3) is 0.529. The van der Waals surface area contributed by atoms with E-state index in [-0.39, 0.29) is 17.9 Å². The molecule has 1 saturated heterocycles. The van der Waals surface area contributed by atoms with Crippen LogP contribution in [-0.2, 0) is 14.3 Å². The van der Waals surface area contributed by atoms with Gasteiger partial charge in [-0.2, -0.15) is 0 Å². The largest absolute Gasteiger partial charge is 0.486 e. The minimum absolute atomic E-state index is 0.0990. The molecule has 130 valence electrons. The first-order valence-electron chi connectivity index (χ1n) is 8.22. The third-order valence-corrected chi connectivity index (χ3v) is 4.07. The maximum Gasteiger partial charge on any atom is 0.249 e. The molecule has 1 atom stereocenters. The average molecular weight is 334 g/mol. The van der Waals surface area contributed by atoms with Crippen LogP contribution >= 0.6 is 0 Å². The molecule has 24 heavy (non-hydrogen) atoms. The van der Waals surface area contributed by atoms with E-state index < -0.39 is 0 Å². The first-order chi connectivity index (χ1) is 11.6. The lowest BCUT2D eigenvalue weighted by molar-refractivity contribution is -0.130. The zero-order valence-corrected chi connectivity index (χ0v) is 13.7. The highest BCUT2D eigenvalue weighted by molar-refractivity contribution is 5.92. The Balaban J connectivity index is 1.60. The lowest BCUT2D eigenvalue weighted by Crippen LogP contribution is -2.41. The molecule has 2 aliphatic heterocycles. The van der Waals surface area contributed by atoms with Gasteiger partial charge in [0, 0.05) is 38.4 Å². The maximum absolute atomic E-state index is 12.0. The summed E-state index contributed by atoms with van der Waals surface area (Å²) in [6, 6.07) is 5.40. The van der Waals surface area contributed by atoms with Gasteiger partial charge in [-0.25, -0.2) is 0 Å². The highest BCUT2D eigenvalue weighted by atomic mass is 16.6. The van der Waals surface area contributed by atoms with E-state index in [2.05, 4.69) is 5.32 Å². The van der Waals surface area contributed by atoms with Gasteiger partial charge in [-0.15, -0.1) is 0 Å². The van der Waals surface area contributed by atoms with Crippen molar-refractivity contribution in [2.45, 2.75) is 25.9 Å². The average Bonchev–Trinajstić information content (AvgIpc) is 3.12. The molecular formula is C17H22N2O5. The Morgan fingerprint density at radius 2 is 2.00 bits per heavy atom. The molecule has 0 saturated carbocycles. The fourth-order valence-electron chi connectivity index (χ4n) is 2.86. The summed E-state index contributed by atoms with van der Waals surface area (Å²) < 4.78 is 16.4. The van der Waals surface area contributed by atoms with Gasteiger partial charge >= 0.3 is 0 Å². The molecule has 1 fully saturated rings. The van der Waals surface area contributed by atoms with E-state index in [1.807, 2.05) is 6.07 Å². The van der Waals surface area contributed by atoms with Crippen molar-refractivity contribution in [3.8, 4) is 11.5 Å². The number of ether oxygens (including phenoxy) is 3. The minimum Gasteiger partial charge on any atom is -0.486 e. The van der Waals surface area contributed by atoms with Crippen LogP contribution in [0.1, 0.15) is 19.8 Å². The number of benzene rings is 1. The van der Waals surface area contributed by atoms with Crippen molar-refractivity contribution in [3.05, 3.63) is 18.2 Å². The molecule has 2 heterocycles. The quantitative estimate of drug-likeness (QED) is 0.873. The van der Waals surface area contributed by atoms with Crippen molar-refractivity contribution in [2.75, 3.05) is 37.8 Å². The van der Waals surface area contributed by atoms with Crippen molar-refractivity contribution in [2.24, 2.45) is 0 Å². The number of carbonyl (C=O) groups is 2. The molecule has 1 aromatic rings. The summed E-state index contributed by atoms with van der Waals surface area (Å²) in [4.78, 5) is 25.5. The van der Waals surface area contributed by atoms with Crippen LogP contribution in [0.4, 0.5) is 5.69 Å². The van der Waals surface area contributed by atoms with Crippen LogP contribution < -0.4 is 19.7 Å². The van der Waals surface area contributed by atoms with E-state index in [0.717, 1.165) is 18.5 Å². The van der Waals surface area contributed by atoms with E-state index in [0.29, 0.717) is 44.4 Å². The van der Waals surface area contributed by atoms with Crippen molar-refractivity contribution in [1.29, 1.82) is 0 Å². The maximum atomic E-state index is 12.0. The topological polar surface area (TPSA) is 77.1 Å². The van der Waals surface area contributed by atoms with Crippen LogP contribution in [0.5, 0.6) is 11.5 Å². The number of amides is 2. The molecule has 0 spiro atoms. The summed E-state index contributed by atoms with van der Waals surface area (Å²) in [6.45, 7) is 3.90. The molecule has 0 aliphatic carbocycles. The summed E-state index contributed by atoms with van der Waals surface area (Å²) in [5, 5.41) is 2.83. The second-order valence-electron chi connectivity index (χ2n) is 5.79. The molecule has 1 N–H and O–H groups in total. The molecule has 2 aliphatic rings. The minimum atomic E-state index is -0.356. The Kier molecular flexibility index (Phi) is 5.20. The first-order valence-corrected chi connectivity index (χ1v) is 8.22. The molecule has 0 radical (unpaired) electrons. The number of nitrogens with zero attached hydrogens (tertiary/aromatic N) is 1. The molecule has 7 heteroatoms. The van der Waals surface area contributed by atoms with Crippen LogP contribution in [0.25, 0.3) is 0 Å². The molecule has 0 aromatic heterocycles. The summed E-state index contributed by atoms with van der Waals surface area (Å²) in [7, 11) is 0. The van der Waals surface area contributed by atoms with E-state index in [9.17, 15) is 9.59 Å². The molecule has 1 unspecified atom stereocenters. The van der Waals surface area contributed by atoms with E-state index in [1.54, 1.807) is 17.0 Å². The van der Waals surface area contributed by atoms with Crippen molar-refractivity contribution in [3.63, 3.8) is 0 Å². The van der Waals surface area contributed by atoms with E-state index in [1.165, 1.54) is 6.92 Å². The van der Waals surface area contributed by atoms with Crippen LogP contribution in [0.15, 0.2) is 18.2 Å². The fourth-order valence-corrected chi connectivity index (χ4v) is 2.86. The van der Waals surface area contributed by atoms with Gasteiger partial charge in [-0.1, -0.05) is 0 Å². The lowest BCUT2D eigenvalue weighted by Gasteiger charge is -2.24. The van der Waals surface area contributed by atoms with Crippen LogP contribution in [0, 0.1) is 0 Å². The number of hydrogen-bond donors (Lipinski definition) is 1. The number of nitrogens with one attached hydrogen (secondary N) is 1. The normalized spacial score (nSPS) is 19.0. The second-order valence-corrected chi connectivity index (χ2v) is 5.79. The van der Waals surface area contributed by atoms with E-state index >= 15 is 0 Å². The molecular weight excluding hydrogens is 312 g/mol. The monoisotopic (exact) mass is 334 g/mol. The number of fused-ring (bicyclic) bond motifs is 1. The Morgan fingerprint density at radius 3 is 2.71 bits per heavy atom. The Morgan fingerprint density at radius 1 is 1.21 bits per heavy atom. The van der Waals surface area contributed by atoms with Gasteiger partial charge in [-0.3, -0.25) is 9.59 Å². The molecule has 2 amide bonds. The third-order valence-electron chi connectivity index (χ3n) is 4.07. The Labute approximate surface area is 140 Å². The van der Waals surface area contributed by atoms with Gasteiger partial charge in [0.25, 0.3) is 0 Å². The highest BCUT2D eigenvalue weighted by Gasteiger charge is 2.23. The molecule has 1 aromatic carbocycles. The summed E-state index contributed by atoms with van der Waals surface area (Å²) in [5.74, 6) is 1.10. The smallest absolute Gasteiger partial charge is 0.249 e. The summed E-state index contributed by atoms with van der Waals surface area (Å²) in [5.41, 5.74) is 0.720. The van der Waals surface area contributed by atoms with Crippen LogP contribution in [0.3, 0.4) is 0 Å². The second kappa shape index (κ2) is 7.53. The first kappa shape index (κ1) is 16.6. The van der Waals surface area contributed by atoms with Gasteiger partial charge in [0.05, 0.1) is 0 Å². The van der Waals surface area contributed by atoms with Crippen LogP contribution in [0.2, 0.25) is 0 Å².